The van der Waals surface area contributed by atoms with E-state index in [4.69, 9.17) is 5.73 Å². The molecule has 0 radical (unpaired) electrons. The number of anilines is 1. The molecule has 4 heteroatoms. The number of pyridine rings is 1. The first kappa shape index (κ1) is 6.03. The quantitative estimate of drug-likeness (QED) is 0.591. The van der Waals surface area contributed by atoms with Crippen molar-refractivity contribution >= 4 is 16.7 Å². The first-order valence-corrected chi connectivity index (χ1v) is 3.20. The summed E-state index contributed by atoms with van der Waals surface area (Å²) in [7, 11) is 0. The normalized spacial score (nSPS) is 10.2. The fourth-order valence-electron chi connectivity index (χ4n) is 0.937. The van der Waals surface area contributed by atoms with Crippen molar-refractivity contribution in [2.24, 2.45) is 0 Å². The molecule has 2 aromatic rings. The minimum absolute atomic E-state index is 0.426. The van der Waals surface area contributed by atoms with Gasteiger partial charge < -0.3 is 5.73 Å². The van der Waals surface area contributed by atoms with Gasteiger partial charge in [0.1, 0.15) is 0 Å². The molecule has 0 aliphatic heterocycles. The summed E-state index contributed by atoms with van der Waals surface area (Å²) in [6.07, 6.45) is 3.29. The maximum absolute atomic E-state index is 5.54. The van der Waals surface area contributed by atoms with E-state index in [0.29, 0.717) is 5.82 Å². The average Bonchev–Trinajstić information content (AvgIpc) is 2.06. The molecule has 54 valence electrons. The molecule has 0 saturated carbocycles. The summed E-state index contributed by atoms with van der Waals surface area (Å²) >= 11 is 0. The van der Waals surface area contributed by atoms with Crippen LogP contribution in [-0.2, 0) is 0 Å². The van der Waals surface area contributed by atoms with Gasteiger partial charge in [-0.2, -0.15) is 5.10 Å². The Morgan fingerprint density at radius 1 is 1.36 bits per heavy atom. The van der Waals surface area contributed by atoms with Crippen molar-refractivity contribution in [3.05, 3.63) is 24.5 Å². The van der Waals surface area contributed by atoms with E-state index in [-0.39, 0.29) is 0 Å². The second-order valence-corrected chi connectivity index (χ2v) is 2.17. The third-order valence-electron chi connectivity index (χ3n) is 1.46. The van der Waals surface area contributed by atoms with Crippen molar-refractivity contribution in [3.63, 3.8) is 0 Å². The number of aromatic nitrogens is 3. The van der Waals surface area contributed by atoms with Gasteiger partial charge in [-0.05, 0) is 12.1 Å². The number of nitrogen functional groups attached to an aromatic ring is 1. The number of nitrogens with two attached hydrogens (primary N) is 1. The molecule has 0 bridgehead atoms. The van der Waals surface area contributed by atoms with Crippen LogP contribution in [-0.4, -0.2) is 15.2 Å². The SMILES string of the molecule is Nc1nncc2ncccc12. The Hall–Kier alpha value is -1.71. The fraction of sp³-hybridized carbons (Fsp3) is 0. The molecule has 0 unspecified atom stereocenters. The Bertz CT molecular complexity index is 380. The lowest BCUT2D eigenvalue weighted by Crippen LogP contribution is -1.94. The molecular weight excluding hydrogens is 140 g/mol. The predicted octanol–water partition coefficient (Wildman–Crippen LogP) is 0.607. The second kappa shape index (κ2) is 2.16. The van der Waals surface area contributed by atoms with E-state index in [0.717, 1.165) is 10.9 Å². The molecule has 4 nitrogen and oxygen atoms in total. The monoisotopic (exact) mass is 146 g/mol. The van der Waals surface area contributed by atoms with Gasteiger partial charge in [0.05, 0.1) is 11.7 Å². The largest absolute Gasteiger partial charge is 0.382 e. The lowest BCUT2D eigenvalue weighted by atomic mass is 10.3. The minimum atomic E-state index is 0.426. The Morgan fingerprint density at radius 2 is 2.27 bits per heavy atom. The summed E-state index contributed by atoms with van der Waals surface area (Å²) in [5.41, 5.74) is 6.32. The lowest BCUT2D eigenvalue weighted by molar-refractivity contribution is 1.05. The summed E-state index contributed by atoms with van der Waals surface area (Å²) in [5.74, 6) is 0.426. The first-order valence-electron chi connectivity index (χ1n) is 3.20. The molecule has 0 aromatic carbocycles. The molecule has 0 saturated heterocycles. The number of fused-ring (bicyclic) bond motifs is 1. The van der Waals surface area contributed by atoms with E-state index in [1.165, 1.54) is 0 Å². The van der Waals surface area contributed by atoms with E-state index in [1.807, 2.05) is 12.1 Å². The highest BCUT2D eigenvalue weighted by Crippen LogP contribution is 2.12. The van der Waals surface area contributed by atoms with Gasteiger partial charge in [0.2, 0.25) is 0 Å². The molecule has 2 aromatic heterocycles. The van der Waals surface area contributed by atoms with Gasteiger partial charge in [0.25, 0.3) is 0 Å². The molecule has 0 aliphatic carbocycles. The zero-order chi connectivity index (χ0) is 7.68. The van der Waals surface area contributed by atoms with Crippen LogP contribution in [0.1, 0.15) is 0 Å². The summed E-state index contributed by atoms with van der Waals surface area (Å²) in [4.78, 5) is 4.06. The van der Waals surface area contributed by atoms with Gasteiger partial charge in [0.15, 0.2) is 5.82 Å². The maximum atomic E-state index is 5.54. The zero-order valence-electron chi connectivity index (χ0n) is 5.73. The minimum Gasteiger partial charge on any atom is -0.382 e. The molecule has 2 N–H and O–H groups in total. The lowest BCUT2D eigenvalue weighted by Gasteiger charge is -1.95. The van der Waals surface area contributed by atoms with Gasteiger partial charge in [0, 0.05) is 11.6 Å². The van der Waals surface area contributed by atoms with Gasteiger partial charge >= 0.3 is 0 Å². The van der Waals surface area contributed by atoms with Crippen LogP contribution in [0.15, 0.2) is 24.5 Å². The van der Waals surface area contributed by atoms with E-state index in [2.05, 4.69) is 15.2 Å². The molecular formula is C7H6N4. The third kappa shape index (κ3) is 0.881. The second-order valence-electron chi connectivity index (χ2n) is 2.17. The van der Waals surface area contributed by atoms with Crippen LogP contribution in [0, 0.1) is 0 Å². The average molecular weight is 146 g/mol. The Kier molecular flexibility index (Phi) is 1.18. The van der Waals surface area contributed by atoms with E-state index >= 15 is 0 Å². The highest BCUT2D eigenvalue weighted by Gasteiger charge is 1.96. The molecule has 2 heterocycles. The van der Waals surface area contributed by atoms with Crippen molar-refractivity contribution in [3.8, 4) is 0 Å². The smallest absolute Gasteiger partial charge is 0.155 e. The molecule has 0 spiro atoms. The van der Waals surface area contributed by atoms with Crippen molar-refractivity contribution in [1.29, 1.82) is 0 Å². The number of nitrogens with zero attached hydrogens (tertiary/aromatic N) is 3. The molecule has 0 atom stereocenters. The number of hydrogen-bond acceptors (Lipinski definition) is 4. The van der Waals surface area contributed by atoms with Gasteiger partial charge in [-0.1, -0.05) is 0 Å². The van der Waals surface area contributed by atoms with Crippen LogP contribution < -0.4 is 5.73 Å². The Morgan fingerprint density at radius 3 is 3.09 bits per heavy atom. The highest BCUT2D eigenvalue weighted by atomic mass is 15.1. The molecule has 0 amide bonds. The van der Waals surface area contributed by atoms with Crippen LogP contribution in [0.5, 0.6) is 0 Å². The summed E-state index contributed by atoms with van der Waals surface area (Å²) in [6, 6.07) is 3.69. The Labute approximate surface area is 63.1 Å². The van der Waals surface area contributed by atoms with E-state index in [1.54, 1.807) is 12.4 Å². The zero-order valence-corrected chi connectivity index (χ0v) is 5.73. The van der Waals surface area contributed by atoms with Crippen molar-refractivity contribution in [2.75, 3.05) is 5.73 Å². The van der Waals surface area contributed by atoms with Crippen LogP contribution in [0.2, 0.25) is 0 Å². The van der Waals surface area contributed by atoms with Crippen LogP contribution >= 0.6 is 0 Å². The van der Waals surface area contributed by atoms with Crippen LogP contribution in [0.25, 0.3) is 10.9 Å². The van der Waals surface area contributed by atoms with Crippen LogP contribution in [0.4, 0.5) is 5.82 Å². The van der Waals surface area contributed by atoms with Crippen LogP contribution in [0.3, 0.4) is 0 Å². The molecule has 11 heavy (non-hydrogen) atoms. The first-order chi connectivity index (χ1) is 5.38. The van der Waals surface area contributed by atoms with Gasteiger partial charge in [-0.3, -0.25) is 4.98 Å². The number of hydrogen-bond donors (Lipinski definition) is 1. The Balaban J connectivity index is 2.91. The molecule has 0 aliphatic rings. The molecule has 0 fully saturated rings. The highest BCUT2D eigenvalue weighted by molar-refractivity contribution is 5.86. The maximum Gasteiger partial charge on any atom is 0.155 e. The number of rotatable bonds is 0. The summed E-state index contributed by atoms with van der Waals surface area (Å²) in [5, 5.41) is 8.22. The van der Waals surface area contributed by atoms with Crippen molar-refractivity contribution in [1.82, 2.24) is 15.2 Å². The summed E-state index contributed by atoms with van der Waals surface area (Å²) in [6.45, 7) is 0. The van der Waals surface area contributed by atoms with Gasteiger partial charge in [-0.15, -0.1) is 5.10 Å². The summed E-state index contributed by atoms with van der Waals surface area (Å²) < 4.78 is 0. The third-order valence-corrected chi connectivity index (χ3v) is 1.46. The topological polar surface area (TPSA) is 64.7 Å². The fourth-order valence-corrected chi connectivity index (χ4v) is 0.937. The molecule has 2 rings (SSSR count). The predicted molar refractivity (Wildman–Crippen MR) is 41.7 cm³/mol. The van der Waals surface area contributed by atoms with Gasteiger partial charge in [-0.25, -0.2) is 0 Å². The van der Waals surface area contributed by atoms with E-state index < -0.39 is 0 Å². The van der Waals surface area contributed by atoms with Crippen molar-refractivity contribution in [2.45, 2.75) is 0 Å². The van der Waals surface area contributed by atoms with Crippen molar-refractivity contribution < 1.29 is 0 Å². The standard InChI is InChI=1S/C7H6N4/c8-7-5-2-1-3-9-6(5)4-10-11-7/h1-4H,(H2,8,11). The van der Waals surface area contributed by atoms with E-state index in [9.17, 15) is 0 Å².